The van der Waals surface area contributed by atoms with Crippen LogP contribution in [-0.2, 0) is 0 Å². The zero-order valence-electron chi connectivity index (χ0n) is 9.83. The monoisotopic (exact) mass is 298 g/mol. The fraction of sp³-hybridized carbons (Fsp3) is 0.0625. The van der Waals surface area contributed by atoms with Gasteiger partial charge in [-0.15, -0.1) is 0 Å². The number of halogens is 1. The van der Waals surface area contributed by atoms with Crippen LogP contribution < -0.4 is 0 Å². The highest BCUT2D eigenvalue weighted by Gasteiger charge is 2.19. The summed E-state index contributed by atoms with van der Waals surface area (Å²) in [5, 5.41) is 0. The van der Waals surface area contributed by atoms with E-state index in [1.165, 1.54) is 11.3 Å². The summed E-state index contributed by atoms with van der Waals surface area (Å²) >= 11 is 3.46. The molecule has 88 valence electrons. The van der Waals surface area contributed by atoms with Gasteiger partial charge in [0, 0.05) is 16.6 Å². The van der Waals surface area contributed by atoms with Gasteiger partial charge in [0.05, 0.1) is 5.92 Å². The summed E-state index contributed by atoms with van der Waals surface area (Å²) in [6.45, 7) is 0. The normalized spacial score (nSPS) is 17.8. The first-order valence-corrected chi connectivity index (χ1v) is 6.74. The van der Waals surface area contributed by atoms with Crippen molar-refractivity contribution >= 4 is 27.8 Å². The van der Waals surface area contributed by atoms with Crippen molar-refractivity contribution in [3.8, 4) is 0 Å². The Morgan fingerprint density at radius 3 is 2.33 bits per heavy atom. The summed E-state index contributed by atoms with van der Waals surface area (Å²) in [6, 6.07) is 18.9. The molecule has 0 N–H and O–H groups in total. The van der Waals surface area contributed by atoms with Crippen LogP contribution in [0.1, 0.15) is 11.5 Å². The molecule has 0 bridgehead atoms. The Hall–Kier alpha value is -1.67. The van der Waals surface area contributed by atoms with E-state index in [-0.39, 0.29) is 0 Å². The van der Waals surface area contributed by atoms with Gasteiger partial charge in [-0.3, -0.25) is 0 Å². The molecule has 1 aliphatic heterocycles. The first-order valence-electron chi connectivity index (χ1n) is 5.95. The molecule has 0 spiro atoms. The SMILES string of the molecule is Brc1ccc(C2C=C[N+](c3ccccc3)=C2)cc1. The van der Waals surface area contributed by atoms with Gasteiger partial charge in [0.15, 0.2) is 12.4 Å². The summed E-state index contributed by atoms with van der Waals surface area (Å²) in [5.41, 5.74) is 2.52. The smallest absolute Gasteiger partial charge is 0.171 e. The highest BCUT2D eigenvalue weighted by atomic mass is 79.9. The third-order valence-corrected chi connectivity index (χ3v) is 3.61. The minimum Gasteiger partial charge on any atom is -0.171 e. The molecule has 0 radical (unpaired) electrons. The molecule has 1 atom stereocenters. The molecule has 18 heavy (non-hydrogen) atoms. The van der Waals surface area contributed by atoms with Gasteiger partial charge >= 0.3 is 0 Å². The van der Waals surface area contributed by atoms with E-state index in [1.54, 1.807) is 0 Å². The summed E-state index contributed by atoms with van der Waals surface area (Å²) in [6.07, 6.45) is 6.58. The maximum Gasteiger partial charge on any atom is 0.210 e. The maximum atomic E-state index is 3.46. The Morgan fingerprint density at radius 1 is 0.889 bits per heavy atom. The molecular formula is C16H13BrN+. The van der Waals surface area contributed by atoms with Gasteiger partial charge in [-0.05, 0) is 23.8 Å². The minimum absolute atomic E-state index is 0.360. The molecule has 1 heterocycles. The van der Waals surface area contributed by atoms with Gasteiger partial charge in [-0.1, -0.05) is 46.3 Å². The van der Waals surface area contributed by atoms with Gasteiger partial charge in [-0.25, -0.2) is 0 Å². The lowest BCUT2D eigenvalue weighted by Gasteiger charge is -2.01. The fourth-order valence-corrected chi connectivity index (χ4v) is 2.38. The van der Waals surface area contributed by atoms with Crippen LogP contribution in [-0.4, -0.2) is 10.8 Å². The van der Waals surface area contributed by atoms with Crippen LogP contribution >= 0.6 is 15.9 Å². The van der Waals surface area contributed by atoms with Crippen molar-refractivity contribution in [2.75, 3.05) is 0 Å². The van der Waals surface area contributed by atoms with Crippen molar-refractivity contribution in [1.82, 2.24) is 0 Å². The molecule has 3 rings (SSSR count). The predicted octanol–water partition coefficient (Wildman–Crippen LogP) is 4.48. The largest absolute Gasteiger partial charge is 0.210 e. The first-order chi connectivity index (χ1) is 8.83. The van der Waals surface area contributed by atoms with Gasteiger partial charge in [0.1, 0.15) is 0 Å². The maximum absolute atomic E-state index is 3.46. The Morgan fingerprint density at radius 2 is 1.61 bits per heavy atom. The van der Waals surface area contributed by atoms with Crippen molar-refractivity contribution in [3.05, 3.63) is 76.9 Å². The van der Waals surface area contributed by atoms with Crippen LogP contribution in [0.2, 0.25) is 0 Å². The Balaban J connectivity index is 1.89. The van der Waals surface area contributed by atoms with Crippen LogP contribution in [0.15, 0.2) is 71.3 Å². The summed E-state index contributed by atoms with van der Waals surface area (Å²) in [5.74, 6) is 0.360. The zero-order valence-corrected chi connectivity index (χ0v) is 11.4. The topological polar surface area (TPSA) is 3.01 Å². The number of rotatable bonds is 2. The summed E-state index contributed by atoms with van der Waals surface area (Å²) < 4.78 is 3.29. The Bertz CT molecular complexity index is 597. The summed E-state index contributed by atoms with van der Waals surface area (Å²) in [4.78, 5) is 0. The molecule has 0 aliphatic carbocycles. The number of allylic oxidation sites excluding steroid dienone is 1. The van der Waals surface area contributed by atoms with Gasteiger partial charge < -0.3 is 0 Å². The molecule has 2 heteroatoms. The van der Waals surface area contributed by atoms with E-state index in [4.69, 9.17) is 0 Å². The van der Waals surface area contributed by atoms with E-state index in [2.05, 4.69) is 87.5 Å². The average molecular weight is 299 g/mol. The van der Waals surface area contributed by atoms with Crippen LogP contribution in [0.3, 0.4) is 0 Å². The lowest BCUT2D eigenvalue weighted by atomic mass is 10.0. The van der Waals surface area contributed by atoms with Crippen LogP contribution in [0.25, 0.3) is 0 Å². The van der Waals surface area contributed by atoms with E-state index in [1.807, 2.05) is 6.07 Å². The Kier molecular flexibility index (Phi) is 3.11. The molecule has 0 saturated carbocycles. The average Bonchev–Trinajstić information content (AvgIpc) is 2.90. The predicted molar refractivity (Wildman–Crippen MR) is 78.4 cm³/mol. The number of hydrogen-bond donors (Lipinski definition) is 0. The summed E-state index contributed by atoms with van der Waals surface area (Å²) in [7, 11) is 0. The lowest BCUT2D eigenvalue weighted by Crippen LogP contribution is -1.99. The molecule has 0 saturated heterocycles. The van der Waals surface area contributed by atoms with Crippen LogP contribution in [0.5, 0.6) is 0 Å². The zero-order chi connectivity index (χ0) is 12.4. The highest BCUT2D eigenvalue weighted by Crippen LogP contribution is 2.24. The van der Waals surface area contributed by atoms with Gasteiger partial charge in [0.2, 0.25) is 5.69 Å². The van der Waals surface area contributed by atoms with Crippen LogP contribution in [0, 0.1) is 0 Å². The minimum atomic E-state index is 0.360. The van der Waals surface area contributed by atoms with Crippen molar-refractivity contribution < 1.29 is 4.58 Å². The van der Waals surface area contributed by atoms with Gasteiger partial charge in [-0.2, -0.15) is 4.58 Å². The molecule has 2 aromatic carbocycles. The quantitative estimate of drug-likeness (QED) is 0.720. The van der Waals surface area contributed by atoms with E-state index in [0.29, 0.717) is 5.92 Å². The Labute approximate surface area is 115 Å². The van der Waals surface area contributed by atoms with E-state index in [0.717, 1.165) is 4.47 Å². The van der Waals surface area contributed by atoms with Crippen molar-refractivity contribution in [1.29, 1.82) is 0 Å². The lowest BCUT2D eigenvalue weighted by molar-refractivity contribution is -0.351. The van der Waals surface area contributed by atoms with E-state index >= 15 is 0 Å². The van der Waals surface area contributed by atoms with E-state index < -0.39 is 0 Å². The second-order valence-electron chi connectivity index (χ2n) is 4.31. The standard InChI is InChI=1S/C16H13BrN/c17-15-8-6-13(7-9-15)14-10-11-18(12-14)16-4-2-1-3-5-16/h1-12,14H/q+1. The highest BCUT2D eigenvalue weighted by molar-refractivity contribution is 9.10. The third-order valence-electron chi connectivity index (χ3n) is 3.08. The molecule has 0 fully saturated rings. The second kappa shape index (κ2) is 4.91. The molecule has 2 aromatic rings. The number of nitrogens with zero attached hydrogens (tertiary/aromatic N) is 1. The number of para-hydroxylation sites is 1. The van der Waals surface area contributed by atoms with Crippen molar-refractivity contribution in [2.45, 2.75) is 5.92 Å². The molecule has 0 amide bonds. The molecule has 0 aromatic heterocycles. The number of benzene rings is 2. The fourth-order valence-electron chi connectivity index (χ4n) is 2.11. The van der Waals surface area contributed by atoms with Crippen molar-refractivity contribution in [2.24, 2.45) is 0 Å². The van der Waals surface area contributed by atoms with E-state index in [9.17, 15) is 0 Å². The van der Waals surface area contributed by atoms with Crippen LogP contribution in [0.4, 0.5) is 5.69 Å². The van der Waals surface area contributed by atoms with Crippen molar-refractivity contribution in [3.63, 3.8) is 0 Å². The third kappa shape index (κ3) is 2.29. The first kappa shape index (κ1) is 11.4. The molecular weight excluding hydrogens is 286 g/mol. The molecule has 1 unspecified atom stereocenters. The number of hydrogen-bond acceptors (Lipinski definition) is 0. The molecule has 1 aliphatic rings. The molecule has 1 nitrogen and oxygen atoms in total. The van der Waals surface area contributed by atoms with Gasteiger partial charge in [0.25, 0.3) is 0 Å². The second-order valence-corrected chi connectivity index (χ2v) is 5.23.